The summed E-state index contributed by atoms with van der Waals surface area (Å²) in [6, 6.07) is 0. The quantitative estimate of drug-likeness (QED) is 0.424. The third kappa shape index (κ3) is 11.2. The highest BCUT2D eigenvalue weighted by atomic mass is 14.8. The highest BCUT2D eigenvalue weighted by Gasteiger charge is 1.92. The SMILES string of the molecule is C=CNCCCCNCCCC(/C=C\C)=C/C. The molecule has 0 heterocycles. The standard InChI is InChI=1S/C15H28N2/c1-4-10-15(5-2)11-9-14-17-13-8-7-12-16-6-3/h4-6,10,16-17H,3,7-9,11-14H2,1-2H3/b10-4-,15-5+. The molecule has 17 heavy (non-hydrogen) atoms. The predicted molar refractivity (Wildman–Crippen MR) is 78.1 cm³/mol. The minimum atomic E-state index is 1.04. The van der Waals surface area contributed by atoms with E-state index in [2.05, 4.69) is 49.3 Å². The van der Waals surface area contributed by atoms with Gasteiger partial charge in [0.1, 0.15) is 0 Å². The van der Waals surface area contributed by atoms with Crippen molar-refractivity contribution < 1.29 is 0 Å². The van der Waals surface area contributed by atoms with Gasteiger partial charge in [0.05, 0.1) is 0 Å². The molecule has 0 aliphatic rings. The number of unbranched alkanes of at least 4 members (excludes halogenated alkanes) is 1. The average Bonchev–Trinajstić information content (AvgIpc) is 2.35. The van der Waals surface area contributed by atoms with E-state index in [1.165, 1.54) is 31.3 Å². The van der Waals surface area contributed by atoms with Crippen LogP contribution >= 0.6 is 0 Å². The third-order valence-corrected chi connectivity index (χ3v) is 2.64. The zero-order valence-corrected chi connectivity index (χ0v) is 11.5. The number of allylic oxidation sites excluding steroid dienone is 4. The van der Waals surface area contributed by atoms with E-state index in [0.29, 0.717) is 0 Å². The Bertz CT molecular complexity index is 229. The van der Waals surface area contributed by atoms with Gasteiger partial charge in [0.15, 0.2) is 0 Å². The molecule has 0 spiro atoms. The van der Waals surface area contributed by atoms with Crippen molar-refractivity contribution in [3.63, 3.8) is 0 Å². The van der Waals surface area contributed by atoms with Crippen molar-refractivity contribution in [1.29, 1.82) is 0 Å². The monoisotopic (exact) mass is 236 g/mol. The van der Waals surface area contributed by atoms with Crippen molar-refractivity contribution >= 4 is 0 Å². The molecule has 2 N–H and O–H groups in total. The molecule has 2 nitrogen and oxygen atoms in total. The summed E-state index contributed by atoms with van der Waals surface area (Å²) < 4.78 is 0. The second kappa shape index (κ2) is 13.0. The van der Waals surface area contributed by atoms with Crippen molar-refractivity contribution in [2.24, 2.45) is 0 Å². The Kier molecular flexibility index (Phi) is 12.3. The molecule has 0 unspecified atom stereocenters. The average molecular weight is 236 g/mol. The Balaban J connectivity index is 3.26. The fourth-order valence-corrected chi connectivity index (χ4v) is 1.66. The molecule has 0 saturated carbocycles. The first-order chi connectivity index (χ1) is 8.35. The van der Waals surface area contributed by atoms with Crippen molar-refractivity contribution in [2.45, 2.75) is 39.5 Å². The largest absolute Gasteiger partial charge is 0.391 e. The van der Waals surface area contributed by atoms with Crippen LogP contribution in [0.1, 0.15) is 39.5 Å². The van der Waals surface area contributed by atoms with Crippen LogP contribution < -0.4 is 10.6 Å². The lowest BCUT2D eigenvalue weighted by Gasteiger charge is -2.05. The Labute approximate surface area is 107 Å². The van der Waals surface area contributed by atoms with E-state index in [-0.39, 0.29) is 0 Å². The van der Waals surface area contributed by atoms with E-state index in [1.807, 2.05) is 0 Å². The third-order valence-electron chi connectivity index (χ3n) is 2.64. The molecule has 0 aliphatic carbocycles. The van der Waals surface area contributed by atoms with E-state index in [0.717, 1.165) is 19.6 Å². The maximum atomic E-state index is 3.62. The normalized spacial score (nSPS) is 12.0. The van der Waals surface area contributed by atoms with Crippen molar-refractivity contribution in [3.05, 3.63) is 36.6 Å². The summed E-state index contributed by atoms with van der Waals surface area (Å²) in [5.41, 5.74) is 1.43. The first kappa shape index (κ1) is 16.0. The van der Waals surface area contributed by atoms with Gasteiger partial charge >= 0.3 is 0 Å². The molecule has 0 atom stereocenters. The molecule has 0 aromatic rings. The summed E-state index contributed by atoms with van der Waals surface area (Å²) in [4.78, 5) is 0. The predicted octanol–water partition coefficient (Wildman–Crippen LogP) is 3.39. The van der Waals surface area contributed by atoms with Crippen LogP contribution in [0.25, 0.3) is 0 Å². The van der Waals surface area contributed by atoms with Crippen LogP contribution in [0.4, 0.5) is 0 Å². The van der Waals surface area contributed by atoms with E-state index in [1.54, 1.807) is 6.20 Å². The van der Waals surface area contributed by atoms with Crippen LogP contribution in [-0.2, 0) is 0 Å². The second-order valence-electron chi connectivity index (χ2n) is 4.08. The first-order valence-corrected chi connectivity index (χ1v) is 6.68. The topological polar surface area (TPSA) is 24.1 Å². The number of rotatable bonds is 11. The van der Waals surface area contributed by atoms with Gasteiger partial charge in [-0.25, -0.2) is 0 Å². The smallest absolute Gasteiger partial charge is 0.0141 e. The molecule has 98 valence electrons. The van der Waals surface area contributed by atoms with Gasteiger partial charge in [-0.1, -0.05) is 30.4 Å². The lowest BCUT2D eigenvalue weighted by atomic mass is 10.1. The lowest BCUT2D eigenvalue weighted by Crippen LogP contribution is -2.18. The summed E-state index contributed by atoms with van der Waals surface area (Å²) >= 11 is 0. The summed E-state index contributed by atoms with van der Waals surface area (Å²) in [5, 5.41) is 6.59. The Morgan fingerprint density at radius 1 is 1.06 bits per heavy atom. The molecular weight excluding hydrogens is 208 g/mol. The summed E-state index contributed by atoms with van der Waals surface area (Å²) in [6.07, 6.45) is 13.1. The first-order valence-electron chi connectivity index (χ1n) is 6.68. The van der Waals surface area contributed by atoms with Crippen LogP contribution in [0.15, 0.2) is 36.6 Å². The molecule has 0 rings (SSSR count). The van der Waals surface area contributed by atoms with Crippen LogP contribution in [0.3, 0.4) is 0 Å². The summed E-state index contributed by atoms with van der Waals surface area (Å²) in [7, 11) is 0. The molecule has 0 aromatic carbocycles. The van der Waals surface area contributed by atoms with E-state index in [9.17, 15) is 0 Å². The van der Waals surface area contributed by atoms with E-state index >= 15 is 0 Å². The zero-order chi connectivity index (χ0) is 12.8. The van der Waals surface area contributed by atoms with Crippen molar-refractivity contribution in [1.82, 2.24) is 10.6 Å². The van der Waals surface area contributed by atoms with Gasteiger partial charge in [-0.2, -0.15) is 0 Å². The Morgan fingerprint density at radius 3 is 2.41 bits per heavy atom. The van der Waals surface area contributed by atoms with E-state index < -0.39 is 0 Å². The number of nitrogens with one attached hydrogen (secondary N) is 2. The fourth-order valence-electron chi connectivity index (χ4n) is 1.66. The van der Waals surface area contributed by atoms with Gasteiger partial charge in [-0.05, 0) is 58.8 Å². The fraction of sp³-hybridized carbons (Fsp3) is 0.600. The summed E-state index contributed by atoms with van der Waals surface area (Å²) in [6.45, 7) is 11.1. The van der Waals surface area contributed by atoms with Crippen molar-refractivity contribution in [3.8, 4) is 0 Å². The minimum absolute atomic E-state index is 1.04. The Hall–Kier alpha value is -1.02. The number of hydrogen-bond acceptors (Lipinski definition) is 2. The molecule has 0 fully saturated rings. The Morgan fingerprint density at radius 2 is 1.76 bits per heavy atom. The van der Waals surface area contributed by atoms with Crippen LogP contribution in [0.2, 0.25) is 0 Å². The molecule has 0 bridgehead atoms. The molecule has 0 amide bonds. The van der Waals surface area contributed by atoms with Crippen LogP contribution in [-0.4, -0.2) is 19.6 Å². The summed E-state index contributed by atoms with van der Waals surface area (Å²) in [5.74, 6) is 0. The lowest BCUT2D eigenvalue weighted by molar-refractivity contribution is 0.597. The molecule has 0 saturated heterocycles. The van der Waals surface area contributed by atoms with E-state index in [4.69, 9.17) is 0 Å². The number of hydrogen-bond donors (Lipinski definition) is 2. The van der Waals surface area contributed by atoms with Crippen molar-refractivity contribution in [2.75, 3.05) is 19.6 Å². The van der Waals surface area contributed by atoms with Crippen LogP contribution in [0, 0.1) is 0 Å². The van der Waals surface area contributed by atoms with Gasteiger partial charge in [0, 0.05) is 6.54 Å². The highest BCUT2D eigenvalue weighted by Crippen LogP contribution is 2.05. The van der Waals surface area contributed by atoms with Gasteiger partial charge in [0.25, 0.3) is 0 Å². The van der Waals surface area contributed by atoms with Gasteiger partial charge in [0.2, 0.25) is 0 Å². The second-order valence-corrected chi connectivity index (χ2v) is 4.08. The molecule has 0 aromatic heterocycles. The zero-order valence-electron chi connectivity index (χ0n) is 11.5. The molecule has 2 heteroatoms. The van der Waals surface area contributed by atoms with Gasteiger partial charge in [-0.3, -0.25) is 0 Å². The minimum Gasteiger partial charge on any atom is -0.391 e. The molecular formula is C15H28N2. The highest BCUT2D eigenvalue weighted by molar-refractivity contribution is 5.16. The maximum Gasteiger partial charge on any atom is 0.0141 e. The van der Waals surface area contributed by atoms with Gasteiger partial charge < -0.3 is 10.6 Å². The maximum absolute atomic E-state index is 3.62. The van der Waals surface area contributed by atoms with Gasteiger partial charge in [-0.15, -0.1) is 0 Å². The van der Waals surface area contributed by atoms with Crippen LogP contribution in [0.5, 0.6) is 0 Å². The molecule has 0 radical (unpaired) electrons. The molecule has 0 aliphatic heterocycles.